The standard InChI is InChI=1S/C4H4O4.K.Rh.H/c5-3(6)1-2-4(7)8;;;/h1-2H,(H,5,6)(H,7,8);;;/q;+1;;-1. The molecule has 0 aromatic carbocycles. The summed E-state index contributed by atoms with van der Waals surface area (Å²) < 4.78 is 0. The monoisotopic (exact) mass is 259 g/mol. The van der Waals surface area contributed by atoms with E-state index < -0.39 is 11.9 Å². The van der Waals surface area contributed by atoms with Crippen LogP contribution >= 0.6 is 0 Å². The summed E-state index contributed by atoms with van der Waals surface area (Å²) in [4.78, 5) is 19.1. The van der Waals surface area contributed by atoms with Crippen LogP contribution in [0.25, 0.3) is 0 Å². The first kappa shape index (κ1) is 17.1. The van der Waals surface area contributed by atoms with Crippen LogP contribution in [0.1, 0.15) is 1.43 Å². The van der Waals surface area contributed by atoms with Gasteiger partial charge < -0.3 is 11.6 Å². The molecular weight excluding hydrogens is 254 g/mol. The minimum absolute atomic E-state index is 0. The summed E-state index contributed by atoms with van der Waals surface area (Å²) in [6.07, 6.45) is 1.12. The first-order chi connectivity index (χ1) is 3.63. The number of aliphatic carboxylic acids is 2. The van der Waals surface area contributed by atoms with Crippen molar-refractivity contribution in [3.63, 3.8) is 0 Å². The number of hydrogen-bond acceptors (Lipinski definition) is 2. The Labute approximate surface area is 114 Å². The van der Waals surface area contributed by atoms with Crippen molar-refractivity contribution in [2.45, 2.75) is 0 Å². The van der Waals surface area contributed by atoms with Crippen LogP contribution in [0, 0.1) is 0 Å². The molecule has 0 aliphatic heterocycles. The Balaban J connectivity index is -0.0000000817. The molecule has 10 heavy (non-hydrogen) atoms. The predicted molar refractivity (Wildman–Crippen MR) is 25.5 cm³/mol. The van der Waals surface area contributed by atoms with E-state index in [4.69, 9.17) is 10.2 Å². The fourth-order valence-electron chi connectivity index (χ4n) is 0.143. The molecule has 0 aromatic heterocycles. The van der Waals surface area contributed by atoms with Crippen LogP contribution < -0.4 is 51.4 Å². The number of hydrogen-bond donors (Lipinski definition) is 2. The predicted octanol–water partition coefficient (Wildman–Crippen LogP) is -3.17. The summed E-state index contributed by atoms with van der Waals surface area (Å²) in [6, 6.07) is 0. The largest absolute Gasteiger partial charge is 1.00 e. The van der Waals surface area contributed by atoms with Crippen molar-refractivity contribution < 1.29 is 92.1 Å². The fourth-order valence-corrected chi connectivity index (χ4v) is 0.143. The third kappa shape index (κ3) is 16.0. The van der Waals surface area contributed by atoms with Crippen molar-refractivity contribution >= 4 is 11.9 Å². The molecule has 0 spiro atoms. The van der Waals surface area contributed by atoms with Crippen LogP contribution in [0.15, 0.2) is 12.2 Å². The second-order valence-electron chi connectivity index (χ2n) is 1.01. The molecule has 0 bridgehead atoms. The fraction of sp³-hybridized carbons (Fsp3) is 0. The molecule has 0 amide bonds. The van der Waals surface area contributed by atoms with E-state index >= 15 is 0 Å². The van der Waals surface area contributed by atoms with Crippen LogP contribution in [-0.4, -0.2) is 22.2 Å². The van der Waals surface area contributed by atoms with E-state index in [9.17, 15) is 9.59 Å². The van der Waals surface area contributed by atoms with E-state index in [0.29, 0.717) is 12.2 Å². The Hall–Kier alpha value is 0.940. The number of carboxylic acids is 2. The molecule has 0 aliphatic carbocycles. The van der Waals surface area contributed by atoms with Crippen LogP contribution in [-0.2, 0) is 29.1 Å². The third-order valence-electron chi connectivity index (χ3n) is 0.368. The van der Waals surface area contributed by atoms with Gasteiger partial charge in [0.1, 0.15) is 0 Å². The molecule has 6 heteroatoms. The van der Waals surface area contributed by atoms with Crippen molar-refractivity contribution in [2.24, 2.45) is 0 Å². The van der Waals surface area contributed by atoms with Crippen molar-refractivity contribution in [3.05, 3.63) is 12.2 Å². The molecule has 4 nitrogen and oxygen atoms in total. The van der Waals surface area contributed by atoms with Gasteiger partial charge in [-0.25, -0.2) is 9.59 Å². The Kier molecular flexibility index (Phi) is 17.0. The van der Waals surface area contributed by atoms with E-state index in [1.165, 1.54) is 0 Å². The molecule has 1 radical (unpaired) electrons. The average molecular weight is 259 g/mol. The molecule has 0 heterocycles. The molecule has 55 valence electrons. The second-order valence-corrected chi connectivity index (χ2v) is 1.01. The Morgan fingerprint density at radius 2 is 1.30 bits per heavy atom. The van der Waals surface area contributed by atoms with Gasteiger partial charge in [-0.3, -0.25) is 0 Å². The summed E-state index contributed by atoms with van der Waals surface area (Å²) in [6.45, 7) is 0. The summed E-state index contributed by atoms with van der Waals surface area (Å²) in [5.74, 6) is -2.51. The van der Waals surface area contributed by atoms with Gasteiger partial charge in [0.25, 0.3) is 0 Å². The van der Waals surface area contributed by atoms with Crippen molar-refractivity contribution in [1.82, 2.24) is 0 Å². The third-order valence-corrected chi connectivity index (χ3v) is 0.368. The van der Waals surface area contributed by atoms with E-state index in [1.807, 2.05) is 0 Å². The van der Waals surface area contributed by atoms with Crippen molar-refractivity contribution in [1.29, 1.82) is 0 Å². The smallest absolute Gasteiger partial charge is 1.00 e. The van der Waals surface area contributed by atoms with E-state index in [2.05, 4.69) is 0 Å². The normalized spacial score (nSPS) is 7.60. The molecule has 0 rings (SSSR count). The van der Waals surface area contributed by atoms with Crippen molar-refractivity contribution in [2.75, 3.05) is 0 Å². The summed E-state index contributed by atoms with van der Waals surface area (Å²) in [7, 11) is 0. The second kappa shape index (κ2) is 9.94. The van der Waals surface area contributed by atoms with E-state index in [1.54, 1.807) is 0 Å². The maximum absolute atomic E-state index is 9.55. The van der Waals surface area contributed by atoms with Gasteiger partial charge in [-0.1, -0.05) is 0 Å². The molecule has 2 N–H and O–H groups in total. The summed E-state index contributed by atoms with van der Waals surface area (Å²) >= 11 is 0. The van der Waals surface area contributed by atoms with Crippen LogP contribution in [0.4, 0.5) is 0 Å². The van der Waals surface area contributed by atoms with Gasteiger partial charge in [0.05, 0.1) is 0 Å². The minimum atomic E-state index is -1.26. The van der Waals surface area contributed by atoms with Gasteiger partial charge in [0.15, 0.2) is 0 Å². The van der Waals surface area contributed by atoms with Crippen LogP contribution in [0.3, 0.4) is 0 Å². The molecule has 0 fully saturated rings. The van der Waals surface area contributed by atoms with Gasteiger partial charge in [-0.15, -0.1) is 0 Å². The maximum Gasteiger partial charge on any atom is 1.00 e. The van der Waals surface area contributed by atoms with E-state index in [0.717, 1.165) is 0 Å². The Bertz CT molecular complexity index is 133. The maximum atomic E-state index is 9.55. The molecule has 0 atom stereocenters. The van der Waals surface area contributed by atoms with Gasteiger partial charge in [-0.2, -0.15) is 0 Å². The molecule has 0 aromatic rings. The van der Waals surface area contributed by atoms with Gasteiger partial charge in [0.2, 0.25) is 0 Å². The zero-order chi connectivity index (χ0) is 6.57. The SMILES string of the molecule is O=C(O)C=CC(=O)O.[H-].[K+].[Rh]. The summed E-state index contributed by atoms with van der Waals surface area (Å²) in [5, 5.41) is 15.6. The molecular formula is C4H5KO4Rh. The summed E-state index contributed by atoms with van der Waals surface area (Å²) in [5.41, 5.74) is 0. The molecule has 0 saturated heterocycles. The quantitative estimate of drug-likeness (QED) is 0.405. The van der Waals surface area contributed by atoms with E-state index in [-0.39, 0.29) is 72.3 Å². The average Bonchev–Trinajstić information content (AvgIpc) is 1.61. The topological polar surface area (TPSA) is 74.6 Å². The zero-order valence-electron chi connectivity index (χ0n) is 6.20. The number of carbonyl (C=O) groups is 2. The van der Waals surface area contributed by atoms with Gasteiger partial charge in [-0.05, 0) is 0 Å². The molecule has 0 aliphatic rings. The van der Waals surface area contributed by atoms with Crippen molar-refractivity contribution in [3.8, 4) is 0 Å². The zero-order valence-corrected chi connectivity index (χ0v) is 9.96. The Morgan fingerprint density at radius 1 is 1.10 bits per heavy atom. The minimum Gasteiger partial charge on any atom is -1.00 e. The first-order valence-corrected chi connectivity index (χ1v) is 1.77. The van der Waals surface area contributed by atoms with Gasteiger partial charge >= 0.3 is 63.3 Å². The Morgan fingerprint density at radius 3 is 1.40 bits per heavy atom. The van der Waals surface area contributed by atoms with Crippen LogP contribution in [0.5, 0.6) is 0 Å². The van der Waals surface area contributed by atoms with Crippen LogP contribution in [0.2, 0.25) is 0 Å². The molecule has 0 unspecified atom stereocenters. The van der Waals surface area contributed by atoms with Gasteiger partial charge in [0, 0.05) is 31.6 Å². The number of carboxylic acid groups (broad SMARTS) is 2. The number of rotatable bonds is 2. The first-order valence-electron chi connectivity index (χ1n) is 1.77. The molecule has 0 saturated carbocycles.